The molecule has 2 N–H and O–H groups in total. The lowest BCUT2D eigenvalue weighted by Gasteiger charge is -2.10. The zero-order valence-corrected chi connectivity index (χ0v) is 18.5. The van der Waals surface area contributed by atoms with Gasteiger partial charge in [0.05, 0.1) is 13.7 Å². The number of hydrogen-bond donors (Lipinski definition) is 2. The summed E-state index contributed by atoms with van der Waals surface area (Å²) in [6.45, 7) is 0.0128. The summed E-state index contributed by atoms with van der Waals surface area (Å²) in [6, 6.07) is 19.7. The highest BCUT2D eigenvalue weighted by Crippen LogP contribution is 2.16. The number of carbonyl (C=O) groups is 2. The van der Waals surface area contributed by atoms with Gasteiger partial charge in [0, 0.05) is 16.0 Å². The van der Waals surface area contributed by atoms with Gasteiger partial charge in [-0.05, 0) is 41.8 Å². The highest BCUT2D eigenvalue weighted by atomic mass is 32.1. The Bertz CT molecular complexity index is 1250. The second-order valence-corrected chi connectivity index (χ2v) is 7.80. The minimum absolute atomic E-state index is 0.0128. The Morgan fingerprint density at radius 3 is 2.55 bits per heavy atom. The van der Waals surface area contributed by atoms with Crippen molar-refractivity contribution in [3.05, 3.63) is 94.1 Å². The zero-order chi connectivity index (χ0) is 23.0. The molecule has 2 aromatic carbocycles. The minimum Gasteiger partial charge on any atom is -0.497 e. The first kappa shape index (κ1) is 22.0. The van der Waals surface area contributed by atoms with Gasteiger partial charge in [-0.3, -0.25) is 9.59 Å². The van der Waals surface area contributed by atoms with Crippen molar-refractivity contribution in [1.82, 2.24) is 20.8 Å². The van der Waals surface area contributed by atoms with Gasteiger partial charge in [-0.25, -0.2) is 0 Å². The molecular formula is C24H20N4O4S. The van der Waals surface area contributed by atoms with Gasteiger partial charge in [0.15, 0.2) is 0 Å². The Hall–Kier alpha value is -4.24. The van der Waals surface area contributed by atoms with Crippen LogP contribution in [0.3, 0.4) is 0 Å². The Balaban J connectivity index is 1.46. The predicted molar refractivity (Wildman–Crippen MR) is 124 cm³/mol. The highest BCUT2D eigenvalue weighted by Gasteiger charge is 2.16. The molecule has 0 atom stereocenters. The van der Waals surface area contributed by atoms with Crippen LogP contribution in [0.15, 0.2) is 82.3 Å². The van der Waals surface area contributed by atoms with Gasteiger partial charge in [0.25, 0.3) is 11.8 Å². The molecule has 0 saturated heterocycles. The van der Waals surface area contributed by atoms with E-state index < -0.39 is 11.8 Å². The molecule has 8 nitrogen and oxygen atoms in total. The maximum Gasteiger partial charge on any atom is 0.268 e. The quantitative estimate of drug-likeness (QED) is 0.387. The molecule has 0 fully saturated rings. The summed E-state index contributed by atoms with van der Waals surface area (Å²) < 4.78 is 10.4. The summed E-state index contributed by atoms with van der Waals surface area (Å²) in [4.78, 5) is 30.7. The van der Waals surface area contributed by atoms with Crippen LogP contribution in [0.1, 0.15) is 21.1 Å². The van der Waals surface area contributed by atoms with Crippen LogP contribution in [0.2, 0.25) is 0 Å². The van der Waals surface area contributed by atoms with Gasteiger partial charge in [0.1, 0.15) is 11.4 Å². The lowest BCUT2D eigenvalue weighted by molar-refractivity contribution is -0.118. The maximum atomic E-state index is 12.9. The van der Waals surface area contributed by atoms with E-state index in [2.05, 4.69) is 20.8 Å². The lowest BCUT2D eigenvalue weighted by atomic mass is 10.2. The molecule has 0 bridgehead atoms. The first-order valence-corrected chi connectivity index (χ1v) is 10.9. The number of nitrogens with one attached hydrogen (secondary N) is 2. The van der Waals surface area contributed by atoms with E-state index in [9.17, 15) is 9.59 Å². The average Bonchev–Trinajstić information content (AvgIpc) is 3.55. The lowest BCUT2D eigenvalue weighted by Crippen LogP contribution is -2.34. The van der Waals surface area contributed by atoms with E-state index in [1.165, 1.54) is 11.3 Å². The fourth-order valence-electron chi connectivity index (χ4n) is 2.89. The smallest absolute Gasteiger partial charge is 0.268 e. The molecule has 0 aliphatic heterocycles. The maximum absolute atomic E-state index is 12.9. The number of rotatable bonds is 8. The van der Waals surface area contributed by atoms with Gasteiger partial charge in [-0.15, -0.1) is 11.3 Å². The fraction of sp³-hybridized carbons (Fsp3) is 0.0833. The molecule has 4 rings (SSSR count). The Kier molecular flexibility index (Phi) is 6.91. The van der Waals surface area contributed by atoms with Crippen LogP contribution < -0.4 is 15.4 Å². The summed E-state index contributed by atoms with van der Waals surface area (Å²) in [5, 5.41) is 11.2. The molecule has 166 valence electrons. The first-order valence-electron chi connectivity index (χ1n) is 9.99. The number of ether oxygens (including phenoxy) is 1. The van der Waals surface area contributed by atoms with Gasteiger partial charge < -0.3 is 19.9 Å². The number of thiophene rings is 1. The van der Waals surface area contributed by atoms with Crippen molar-refractivity contribution in [2.45, 2.75) is 6.54 Å². The van der Waals surface area contributed by atoms with Gasteiger partial charge in [0.2, 0.25) is 11.7 Å². The molecular weight excluding hydrogens is 440 g/mol. The van der Waals surface area contributed by atoms with Crippen LogP contribution in [0.5, 0.6) is 5.75 Å². The van der Waals surface area contributed by atoms with Gasteiger partial charge in [-0.2, -0.15) is 4.98 Å². The Labute approximate surface area is 193 Å². The van der Waals surface area contributed by atoms with E-state index in [1.807, 2.05) is 47.8 Å². The van der Waals surface area contributed by atoms with E-state index in [0.717, 1.165) is 10.4 Å². The van der Waals surface area contributed by atoms with Gasteiger partial charge >= 0.3 is 0 Å². The molecule has 2 heterocycles. The molecule has 0 saturated carbocycles. The number of carbonyl (C=O) groups excluding carboxylic acids is 2. The van der Waals surface area contributed by atoms with Crippen LogP contribution >= 0.6 is 11.3 Å². The molecule has 4 aromatic rings. The second-order valence-electron chi connectivity index (χ2n) is 6.82. The number of benzene rings is 2. The van der Waals surface area contributed by atoms with E-state index >= 15 is 0 Å². The summed E-state index contributed by atoms with van der Waals surface area (Å²) in [5.41, 5.74) is 1.30. The summed E-state index contributed by atoms with van der Waals surface area (Å²) in [6.07, 6.45) is 1.62. The fourth-order valence-corrected chi connectivity index (χ4v) is 3.55. The summed E-state index contributed by atoms with van der Waals surface area (Å²) in [5.74, 6) is 0.415. The molecule has 0 radical (unpaired) electrons. The van der Waals surface area contributed by atoms with Crippen LogP contribution in [-0.2, 0) is 11.3 Å². The molecule has 0 unspecified atom stereocenters. The molecule has 2 amide bonds. The van der Waals surface area contributed by atoms with Crippen LogP contribution in [0, 0.1) is 0 Å². The molecule has 2 aromatic heterocycles. The van der Waals surface area contributed by atoms with Crippen LogP contribution in [0.25, 0.3) is 17.5 Å². The molecule has 9 heteroatoms. The van der Waals surface area contributed by atoms with Crippen LogP contribution in [-0.4, -0.2) is 29.1 Å². The number of amides is 2. The van der Waals surface area contributed by atoms with E-state index in [-0.39, 0.29) is 18.1 Å². The number of methoxy groups -OCH3 is 1. The topological polar surface area (TPSA) is 106 Å². The normalized spacial score (nSPS) is 11.1. The summed E-state index contributed by atoms with van der Waals surface area (Å²) >= 11 is 1.45. The van der Waals surface area contributed by atoms with Crippen LogP contribution in [0.4, 0.5) is 0 Å². The van der Waals surface area contributed by atoms with Crippen molar-refractivity contribution in [3.63, 3.8) is 0 Å². The molecule has 0 aliphatic rings. The number of aromatic nitrogens is 2. The van der Waals surface area contributed by atoms with E-state index in [0.29, 0.717) is 17.1 Å². The standard InChI is InChI=1S/C24H20N4O4S/c1-31-18-11-9-17(10-12-18)23(29)26-20(14-19-8-5-13-33-19)24(30)25-15-21-27-22(28-32-21)16-6-3-2-4-7-16/h2-14H,15H2,1H3,(H,25,30)(H,26,29)/b20-14-. The van der Waals surface area contributed by atoms with Crippen molar-refractivity contribution < 1.29 is 18.8 Å². The number of hydrogen-bond acceptors (Lipinski definition) is 7. The van der Waals surface area contributed by atoms with Gasteiger partial charge in [-0.1, -0.05) is 41.6 Å². The molecule has 0 aliphatic carbocycles. The summed E-state index contributed by atoms with van der Waals surface area (Å²) in [7, 11) is 1.55. The van der Waals surface area contributed by atoms with Crippen molar-refractivity contribution in [2.24, 2.45) is 0 Å². The predicted octanol–water partition coefficient (Wildman–Crippen LogP) is 3.89. The Morgan fingerprint density at radius 2 is 1.85 bits per heavy atom. The SMILES string of the molecule is COc1ccc(C(=O)N/C(=C\c2cccs2)C(=O)NCc2nc(-c3ccccc3)no2)cc1. The highest BCUT2D eigenvalue weighted by molar-refractivity contribution is 7.10. The third kappa shape index (κ3) is 5.72. The van der Waals surface area contributed by atoms with E-state index in [4.69, 9.17) is 9.26 Å². The third-order valence-electron chi connectivity index (χ3n) is 4.58. The first-order chi connectivity index (χ1) is 16.1. The average molecular weight is 461 g/mol. The minimum atomic E-state index is -0.482. The van der Waals surface area contributed by atoms with Crippen molar-refractivity contribution in [2.75, 3.05) is 7.11 Å². The monoisotopic (exact) mass is 460 g/mol. The molecule has 0 spiro atoms. The Morgan fingerprint density at radius 1 is 1.06 bits per heavy atom. The third-order valence-corrected chi connectivity index (χ3v) is 5.39. The second kappa shape index (κ2) is 10.4. The van der Waals surface area contributed by atoms with Crippen molar-refractivity contribution >= 4 is 29.2 Å². The largest absolute Gasteiger partial charge is 0.497 e. The van der Waals surface area contributed by atoms with Crippen molar-refractivity contribution in [3.8, 4) is 17.1 Å². The zero-order valence-electron chi connectivity index (χ0n) is 17.6. The van der Waals surface area contributed by atoms with E-state index in [1.54, 1.807) is 37.5 Å². The number of nitrogens with zero attached hydrogens (tertiary/aromatic N) is 2. The van der Waals surface area contributed by atoms with Crippen molar-refractivity contribution in [1.29, 1.82) is 0 Å². The molecule has 33 heavy (non-hydrogen) atoms.